The first-order valence-electron chi connectivity index (χ1n) is 12.0. The molecule has 0 aromatic heterocycles. The fraction of sp³-hybridized carbons (Fsp3) is 0.357. The highest BCUT2D eigenvalue weighted by molar-refractivity contribution is 9.10. The summed E-state index contributed by atoms with van der Waals surface area (Å²) in [6, 6.07) is 21.5. The Labute approximate surface area is 209 Å². The zero-order valence-corrected chi connectivity index (χ0v) is 21.1. The molecule has 5 nitrogen and oxygen atoms in total. The molecule has 1 fully saturated rings. The fourth-order valence-electron chi connectivity index (χ4n) is 4.51. The lowest BCUT2D eigenvalue weighted by Crippen LogP contribution is -2.51. The number of rotatable bonds is 9. The molecule has 1 N–H and O–H groups in total. The molecule has 4 rings (SSSR count). The number of ether oxygens (including phenoxy) is 1. The minimum Gasteiger partial charge on any atom is -0.483 e. The molecule has 2 amide bonds. The fourth-order valence-corrected chi connectivity index (χ4v) is 5.12. The lowest BCUT2D eigenvalue weighted by Gasteiger charge is -2.29. The summed E-state index contributed by atoms with van der Waals surface area (Å²) in [5, 5.41) is 5.25. The number of benzene rings is 3. The molecule has 3 aromatic rings. The van der Waals surface area contributed by atoms with Gasteiger partial charge in [0.2, 0.25) is 5.91 Å². The predicted molar refractivity (Wildman–Crippen MR) is 139 cm³/mol. The van der Waals surface area contributed by atoms with Crippen LogP contribution in [-0.4, -0.2) is 41.9 Å². The molecule has 1 unspecified atom stereocenters. The van der Waals surface area contributed by atoms with Crippen LogP contribution in [-0.2, 0) is 16.0 Å². The number of carbonyl (C=O) groups excluding carboxylic acids is 2. The second-order valence-corrected chi connectivity index (χ2v) is 9.67. The van der Waals surface area contributed by atoms with E-state index in [4.69, 9.17) is 4.74 Å². The van der Waals surface area contributed by atoms with Gasteiger partial charge in [-0.25, -0.2) is 0 Å². The predicted octanol–water partition coefficient (Wildman–Crippen LogP) is 5.50. The number of nitrogens with zero attached hydrogens (tertiary/aromatic N) is 1. The Balaban J connectivity index is 1.45. The third kappa shape index (κ3) is 5.98. The molecule has 34 heavy (non-hydrogen) atoms. The minimum absolute atomic E-state index is 0.0970. The van der Waals surface area contributed by atoms with Crippen LogP contribution >= 0.6 is 15.9 Å². The largest absolute Gasteiger partial charge is 0.483 e. The van der Waals surface area contributed by atoms with Crippen LogP contribution in [0, 0.1) is 0 Å². The second-order valence-electron chi connectivity index (χ2n) is 8.88. The van der Waals surface area contributed by atoms with E-state index >= 15 is 0 Å². The summed E-state index contributed by atoms with van der Waals surface area (Å²) in [5.74, 6) is 0.309. The van der Waals surface area contributed by atoms with E-state index in [0.717, 1.165) is 46.5 Å². The molecule has 0 aliphatic heterocycles. The third-order valence-electron chi connectivity index (χ3n) is 6.53. The molecular formula is C28H31BrN2O3. The molecular weight excluding hydrogens is 492 g/mol. The van der Waals surface area contributed by atoms with Crippen LogP contribution < -0.4 is 10.1 Å². The van der Waals surface area contributed by atoms with E-state index in [1.807, 2.05) is 66.7 Å². The van der Waals surface area contributed by atoms with Gasteiger partial charge < -0.3 is 15.0 Å². The molecule has 0 heterocycles. The van der Waals surface area contributed by atoms with Gasteiger partial charge in [0, 0.05) is 12.6 Å². The van der Waals surface area contributed by atoms with E-state index in [0.29, 0.717) is 18.7 Å². The van der Waals surface area contributed by atoms with Gasteiger partial charge >= 0.3 is 0 Å². The quantitative estimate of drug-likeness (QED) is 0.403. The molecule has 178 valence electrons. The number of amides is 2. The average Bonchev–Trinajstić information content (AvgIpc) is 3.37. The lowest BCUT2D eigenvalue weighted by atomic mass is 10.1. The maximum absolute atomic E-state index is 13.3. The number of nitrogens with one attached hydrogen (secondary N) is 1. The van der Waals surface area contributed by atoms with Crippen molar-refractivity contribution in [3.8, 4) is 5.75 Å². The maximum Gasteiger partial charge on any atom is 0.261 e. The summed E-state index contributed by atoms with van der Waals surface area (Å²) in [5.41, 5.74) is 1.13. The van der Waals surface area contributed by atoms with Crippen LogP contribution in [0.2, 0.25) is 0 Å². The van der Waals surface area contributed by atoms with Gasteiger partial charge in [0.15, 0.2) is 6.61 Å². The summed E-state index contributed by atoms with van der Waals surface area (Å²) >= 11 is 3.62. The Hall–Kier alpha value is -2.86. The van der Waals surface area contributed by atoms with Crippen molar-refractivity contribution in [1.82, 2.24) is 10.2 Å². The van der Waals surface area contributed by atoms with Crippen molar-refractivity contribution in [3.63, 3.8) is 0 Å². The number of fused-ring (bicyclic) bond motifs is 1. The number of halogens is 1. The van der Waals surface area contributed by atoms with Crippen molar-refractivity contribution in [3.05, 3.63) is 76.8 Å². The average molecular weight is 523 g/mol. The Morgan fingerprint density at radius 3 is 2.50 bits per heavy atom. The Morgan fingerprint density at radius 1 is 1.03 bits per heavy atom. The van der Waals surface area contributed by atoms with Gasteiger partial charge in [0.25, 0.3) is 5.91 Å². The van der Waals surface area contributed by atoms with Crippen molar-refractivity contribution in [1.29, 1.82) is 0 Å². The maximum atomic E-state index is 13.3. The van der Waals surface area contributed by atoms with Crippen LogP contribution in [0.25, 0.3) is 10.8 Å². The first-order chi connectivity index (χ1) is 16.5. The summed E-state index contributed by atoms with van der Waals surface area (Å²) in [6.45, 7) is 2.12. The van der Waals surface area contributed by atoms with E-state index in [1.165, 1.54) is 0 Å². The summed E-state index contributed by atoms with van der Waals surface area (Å²) in [6.07, 6.45) is 4.98. The second kappa shape index (κ2) is 11.5. The van der Waals surface area contributed by atoms with Crippen molar-refractivity contribution >= 4 is 38.5 Å². The first kappa shape index (κ1) is 24.3. The SMILES string of the molecule is CC(C(=O)NC1CCCC1)N(CCc1ccccc1)C(=O)COc1ccc2ccccc2c1Br. The lowest BCUT2D eigenvalue weighted by molar-refractivity contribution is -0.141. The Kier molecular flexibility index (Phi) is 8.22. The van der Waals surface area contributed by atoms with E-state index in [-0.39, 0.29) is 24.5 Å². The van der Waals surface area contributed by atoms with E-state index in [9.17, 15) is 9.59 Å². The van der Waals surface area contributed by atoms with Gasteiger partial charge in [-0.3, -0.25) is 9.59 Å². The van der Waals surface area contributed by atoms with Gasteiger partial charge in [-0.2, -0.15) is 0 Å². The minimum atomic E-state index is -0.569. The highest BCUT2D eigenvalue weighted by Gasteiger charge is 2.28. The molecule has 0 spiro atoms. The molecule has 0 bridgehead atoms. The molecule has 1 aliphatic rings. The summed E-state index contributed by atoms with van der Waals surface area (Å²) in [4.78, 5) is 27.9. The van der Waals surface area contributed by atoms with Crippen LogP contribution in [0.15, 0.2) is 71.2 Å². The zero-order valence-electron chi connectivity index (χ0n) is 19.5. The topological polar surface area (TPSA) is 58.6 Å². The first-order valence-corrected chi connectivity index (χ1v) is 12.8. The van der Waals surface area contributed by atoms with Crippen LogP contribution in [0.4, 0.5) is 0 Å². The molecule has 1 atom stereocenters. The van der Waals surface area contributed by atoms with Crippen LogP contribution in [0.3, 0.4) is 0 Å². The molecule has 0 radical (unpaired) electrons. The standard InChI is InChI=1S/C28H31BrN2O3/c1-20(28(33)30-23-12-6-7-13-23)31(18-17-21-9-3-2-4-10-21)26(32)19-34-25-16-15-22-11-5-8-14-24(22)27(25)29/h2-5,8-11,14-16,20,23H,6-7,12-13,17-19H2,1H3,(H,30,33). The Morgan fingerprint density at radius 2 is 1.74 bits per heavy atom. The molecule has 1 saturated carbocycles. The molecule has 3 aromatic carbocycles. The normalized spacial score (nSPS) is 14.6. The monoisotopic (exact) mass is 522 g/mol. The van der Waals surface area contributed by atoms with Gasteiger partial charge in [-0.15, -0.1) is 0 Å². The van der Waals surface area contributed by atoms with Crippen LogP contribution in [0.5, 0.6) is 5.75 Å². The van der Waals surface area contributed by atoms with Crippen molar-refractivity contribution in [2.75, 3.05) is 13.2 Å². The summed E-state index contributed by atoms with van der Waals surface area (Å²) < 4.78 is 6.75. The van der Waals surface area contributed by atoms with Gasteiger partial charge in [-0.1, -0.05) is 73.5 Å². The highest BCUT2D eigenvalue weighted by Crippen LogP contribution is 2.33. The van der Waals surface area contributed by atoms with E-state index < -0.39 is 6.04 Å². The zero-order chi connectivity index (χ0) is 23.9. The Bertz CT molecular complexity index is 1130. The number of carbonyl (C=O) groups is 2. The smallest absolute Gasteiger partial charge is 0.261 e. The number of hydrogen-bond acceptors (Lipinski definition) is 3. The third-order valence-corrected chi connectivity index (χ3v) is 7.35. The van der Waals surface area contributed by atoms with Gasteiger partial charge in [0.1, 0.15) is 11.8 Å². The van der Waals surface area contributed by atoms with Gasteiger partial charge in [0.05, 0.1) is 4.47 Å². The van der Waals surface area contributed by atoms with Crippen LogP contribution in [0.1, 0.15) is 38.2 Å². The van der Waals surface area contributed by atoms with Crippen molar-refractivity contribution in [2.24, 2.45) is 0 Å². The molecule has 1 aliphatic carbocycles. The van der Waals surface area contributed by atoms with E-state index in [2.05, 4.69) is 21.2 Å². The van der Waals surface area contributed by atoms with Gasteiger partial charge in [-0.05, 0) is 64.5 Å². The summed E-state index contributed by atoms with van der Waals surface area (Å²) in [7, 11) is 0. The molecule has 6 heteroatoms. The highest BCUT2D eigenvalue weighted by atomic mass is 79.9. The van der Waals surface area contributed by atoms with Crippen molar-refractivity contribution < 1.29 is 14.3 Å². The molecule has 0 saturated heterocycles. The van der Waals surface area contributed by atoms with E-state index in [1.54, 1.807) is 11.8 Å². The van der Waals surface area contributed by atoms with Crippen molar-refractivity contribution in [2.45, 2.75) is 51.1 Å². The number of hydrogen-bond donors (Lipinski definition) is 1.